The monoisotopic (exact) mass is 225 g/mol. The van der Waals surface area contributed by atoms with Crippen molar-refractivity contribution >= 4 is 11.8 Å². The van der Waals surface area contributed by atoms with Gasteiger partial charge in [0.25, 0.3) is 0 Å². The Kier molecular flexibility index (Phi) is 3.30. The third-order valence-corrected chi connectivity index (χ3v) is 1.79. The van der Waals surface area contributed by atoms with E-state index >= 15 is 0 Å². The van der Waals surface area contributed by atoms with Crippen LogP contribution < -0.4 is 0 Å². The molecule has 0 saturated carbocycles. The van der Waals surface area contributed by atoms with Gasteiger partial charge >= 0.3 is 5.97 Å². The highest BCUT2D eigenvalue weighted by Crippen LogP contribution is 2.15. The van der Waals surface area contributed by atoms with E-state index in [1.165, 1.54) is 6.07 Å². The van der Waals surface area contributed by atoms with Gasteiger partial charge in [0, 0.05) is 0 Å². The number of aliphatic carboxylic acids is 1. The summed E-state index contributed by atoms with van der Waals surface area (Å²) in [7, 11) is 0. The molecule has 0 radical (unpaired) electrons. The summed E-state index contributed by atoms with van der Waals surface area (Å²) in [6.07, 6.45) is -0.928. The number of benzene rings is 1. The highest BCUT2D eigenvalue weighted by Gasteiger charge is 2.18. The molecule has 0 aliphatic rings. The van der Waals surface area contributed by atoms with Crippen molar-refractivity contribution in [3.8, 4) is 6.07 Å². The molecule has 0 spiro atoms. The van der Waals surface area contributed by atoms with Crippen LogP contribution in [0.15, 0.2) is 12.1 Å². The molecule has 0 aliphatic heterocycles. The minimum Gasteiger partial charge on any atom is -0.481 e. The third-order valence-electron chi connectivity index (χ3n) is 1.79. The lowest BCUT2D eigenvalue weighted by molar-refractivity contribution is -0.135. The van der Waals surface area contributed by atoms with Crippen molar-refractivity contribution in [3.05, 3.63) is 34.9 Å². The summed E-state index contributed by atoms with van der Waals surface area (Å²) in [4.78, 5) is 21.4. The first-order valence-electron chi connectivity index (χ1n) is 4.10. The molecule has 0 unspecified atom stereocenters. The molecule has 1 aromatic rings. The van der Waals surface area contributed by atoms with Gasteiger partial charge in [-0.3, -0.25) is 9.59 Å². The Morgan fingerprint density at radius 2 is 1.94 bits per heavy atom. The van der Waals surface area contributed by atoms with Gasteiger partial charge in [0.1, 0.15) is 24.1 Å². The summed E-state index contributed by atoms with van der Waals surface area (Å²) in [6, 6.07) is 2.49. The Bertz CT molecular complexity index is 506. The predicted octanol–water partition coefficient (Wildman–Crippen LogP) is 1.49. The van der Waals surface area contributed by atoms with Gasteiger partial charge in [0.15, 0.2) is 5.78 Å². The van der Waals surface area contributed by atoms with E-state index in [1.807, 2.05) is 0 Å². The minimum atomic E-state index is -1.44. The lowest BCUT2D eigenvalue weighted by Gasteiger charge is -2.01. The van der Waals surface area contributed by atoms with Crippen molar-refractivity contribution in [1.29, 1.82) is 5.26 Å². The molecule has 82 valence electrons. The van der Waals surface area contributed by atoms with Crippen LogP contribution in [0.2, 0.25) is 0 Å². The van der Waals surface area contributed by atoms with Crippen molar-refractivity contribution in [1.82, 2.24) is 0 Å². The van der Waals surface area contributed by atoms with Crippen LogP contribution in [0.3, 0.4) is 0 Å². The summed E-state index contributed by atoms with van der Waals surface area (Å²) < 4.78 is 26.2. The molecule has 16 heavy (non-hydrogen) atoms. The molecule has 0 aliphatic carbocycles. The number of nitrogens with zero attached hydrogens (tertiary/aromatic N) is 1. The fourth-order valence-electron chi connectivity index (χ4n) is 1.08. The van der Waals surface area contributed by atoms with E-state index in [-0.39, 0.29) is 0 Å². The van der Waals surface area contributed by atoms with E-state index < -0.39 is 40.9 Å². The lowest BCUT2D eigenvalue weighted by atomic mass is 10.1. The summed E-state index contributed by atoms with van der Waals surface area (Å²) in [5, 5.41) is 16.7. The van der Waals surface area contributed by atoms with Crippen molar-refractivity contribution < 1.29 is 23.5 Å². The van der Waals surface area contributed by atoms with Crippen LogP contribution in [-0.4, -0.2) is 16.9 Å². The van der Waals surface area contributed by atoms with Crippen molar-refractivity contribution in [2.75, 3.05) is 0 Å². The molecule has 0 amide bonds. The highest BCUT2D eigenvalue weighted by molar-refractivity contribution is 6.05. The average Bonchev–Trinajstić information content (AvgIpc) is 2.19. The number of Topliss-reactive ketones (excluding diaryl/α,β-unsaturated/α-hetero) is 1. The van der Waals surface area contributed by atoms with Gasteiger partial charge in [-0.05, 0) is 12.1 Å². The Morgan fingerprint density at radius 1 is 1.31 bits per heavy atom. The molecular formula is C10H5F2NO3. The van der Waals surface area contributed by atoms with Crippen LogP contribution in [0, 0.1) is 23.0 Å². The fraction of sp³-hybridized carbons (Fsp3) is 0.100. The third kappa shape index (κ3) is 2.39. The van der Waals surface area contributed by atoms with Gasteiger partial charge in [-0.2, -0.15) is 5.26 Å². The maximum absolute atomic E-state index is 13.2. The largest absolute Gasteiger partial charge is 0.481 e. The van der Waals surface area contributed by atoms with E-state index in [0.717, 1.165) is 0 Å². The molecule has 0 bridgehead atoms. The molecule has 0 saturated heterocycles. The second kappa shape index (κ2) is 4.49. The lowest BCUT2D eigenvalue weighted by Crippen LogP contribution is -2.10. The predicted molar refractivity (Wildman–Crippen MR) is 47.7 cm³/mol. The fourth-order valence-corrected chi connectivity index (χ4v) is 1.08. The molecule has 4 nitrogen and oxygen atoms in total. The molecule has 0 atom stereocenters. The molecule has 6 heteroatoms. The zero-order chi connectivity index (χ0) is 12.3. The number of carbonyl (C=O) groups is 2. The number of ketones is 1. The number of rotatable bonds is 3. The Morgan fingerprint density at radius 3 is 2.44 bits per heavy atom. The maximum atomic E-state index is 13.2. The maximum Gasteiger partial charge on any atom is 0.311 e. The molecule has 1 N–H and O–H groups in total. The smallest absolute Gasteiger partial charge is 0.311 e. The molecule has 0 aromatic heterocycles. The summed E-state index contributed by atoms with van der Waals surface area (Å²) >= 11 is 0. The van der Waals surface area contributed by atoms with Gasteiger partial charge in [-0.1, -0.05) is 0 Å². The zero-order valence-electron chi connectivity index (χ0n) is 7.83. The number of carboxylic acids is 1. The Balaban J connectivity index is 3.17. The number of nitriles is 1. The first-order valence-corrected chi connectivity index (χ1v) is 4.10. The minimum absolute atomic E-state index is 0.527. The number of hydrogen-bond acceptors (Lipinski definition) is 3. The van der Waals surface area contributed by atoms with Gasteiger partial charge < -0.3 is 5.11 Å². The van der Waals surface area contributed by atoms with Crippen LogP contribution >= 0.6 is 0 Å². The van der Waals surface area contributed by atoms with Gasteiger partial charge in [0.05, 0.1) is 11.1 Å². The van der Waals surface area contributed by atoms with Crippen molar-refractivity contribution in [3.63, 3.8) is 0 Å². The van der Waals surface area contributed by atoms with Crippen molar-refractivity contribution in [2.45, 2.75) is 6.42 Å². The molecular weight excluding hydrogens is 220 g/mol. The van der Waals surface area contributed by atoms with E-state index in [1.54, 1.807) is 0 Å². The van der Waals surface area contributed by atoms with Crippen LogP contribution in [0.5, 0.6) is 0 Å². The van der Waals surface area contributed by atoms with Gasteiger partial charge in [-0.15, -0.1) is 0 Å². The molecule has 1 rings (SSSR count). The first kappa shape index (κ1) is 11.8. The molecule has 1 aromatic carbocycles. The van der Waals surface area contributed by atoms with E-state index in [2.05, 4.69) is 0 Å². The van der Waals surface area contributed by atoms with Gasteiger partial charge in [-0.25, -0.2) is 8.78 Å². The topological polar surface area (TPSA) is 78.2 Å². The van der Waals surface area contributed by atoms with Crippen LogP contribution in [0.25, 0.3) is 0 Å². The number of carboxylic acid groups (broad SMARTS) is 1. The van der Waals surface area contributed by atoms with Crippen LogP contribution in [0.4, 0.5) is 8.78 Å². The molecule has 0 fully saturated rings. The normalized spacial score (nSPS) is 9.56. The molecule has 0 heterocycles. The quantitative estimate of drug-likeness (QED) is 0.624. The van der Waals surface area contributed by atoms with E-state index in [0.29, 0.717) is 12.1 Å². The second-order valence-electron chi connectivity index (χ2n) is 2.92. The van der Waals surface area contributed by atoms with Crippen molar-refractivity contribution in [2.24, 2.45) is 0 Å². The van der Waals surface area contributed by atoms with Gasteiger partial charge in [0.2, 0.25) is 0 Å². The highest BCUT2D eigenvalue weighted by atomic mass is 19.1. The standard InChI is InChI=1S/C10H5F2NO3/c11-7-2-6(9(14)3-10(15)16)8(12)1-5(7)4-13/h1-2H,3H2,(H,15,16). The summed E-state index contributed by atoms with van der Waals surface area (Å²) in [5.74, 6) is -4.65. The zero-order valence-corrected chi connectivity index (χ0v) is 7.83. The Labute approximate surface area is 88.7 Å². The number of hydrogen-bond donors (Lipinski definition) is 1. The van der Waals surface area contributed by atoms with E-state index in [9.17, 15) is 18.4 Å². The SMILES string of the molecule is N#Cc1cc(F)c(C(=O)CC(=O)O)cc1F. The first-order chi connectivity index (χ1) is 7.45. The number of halogens is 2. The summed E-state index contributed by atoms with van der Waals surface area (Å²) in [5.41, 5.74) is -1.21. The van der Waals surface area contributed by atoms with Crippen LogP contribution in [-0.2, 0) is 4.79 Å². The number of carbonyl (C=O) groups excluding carboxylic acids is 1. The van der Waals surface area contributed by atoms with Crippen LogP contribution in [0.1, 0.15) is 22.3 Å². The second-order valence-corrected chi connectivity index (χ2v) is 2.92. The summed E-state index contributed by atoms with van der Waals surface area (Å²) in [6.45, 7) is 0. The van der Waals surface area contributed by atoms with E-state index in [4.69, 9.17) is 10.4 Å². The average molecular weight is 225 g/mol. The Hall–Kier alpha value is -2.29.